The van der Waals surface area contributed by atoms with Gasteiger partial charge in [0.1, 0.15) is 0 Å². The first kappa shape index (κ1) is 17.4. The molecule has 5 atom stereocenters. The van der Waals surface area contributed by atoms with Crippen molar-refractivity contribution in [1.29, 1.82) is 0 Å². The molecule has 0 radical (unpaired) electrons. The molecular formula is C23H25NO4. The summed E-state index contributed by atoms with van der Waals surface area (Å²) in [6.07, 6.45) is 3.77. The minimum absolute atomic E-state index is 0.197. The summed E-state index contributed by atoms with van der Waals surface area (Å²) in [4.78, 5) is 11.5. The van der Waals surface area contributed by atoms with Gasteiger partial charge in [0.25, 0.3) is 0 Å². The van der Waals surface area contributed by atoms with Crippen LogP contribution in [0.15, 0.2) is 36.4 Å². The summed E-state index contributed by atoms with van der Waals surface area (Å²) in [6, 6.07) is 11.9. The van der Waals surface area contributed by atoms with E-state index in [9.17, 15) is 9.90 Å². The summed E-state index contributed by atoms with van der Waals surface area (Å²) in [7, 11) is 3.32. The Morgan fingerprint density at radius 2 is 1.82 bits per heavy atom. The first-order chi connectivity index (χ1) is 13.6. The van der Waals surface area contributed by atoms with Gasteiger partial charge in [-0.2, -0.15) is 0 Å². The van der Waals surface area contributed by atoms with Crippen molar-refractivity contribution in [3.8, 4) is 11.5 Å². The van der Waals surface area contributed by atoms with Gasteiger partial charge in [-0.15, -0.1) is 0 Å². The van der Waals surface area contributed by atoms with Gasteiger partial charge in [0, 0.05) is 5.69 Å². The number of hydrogen-bond donors (Lipinski definition) is 2. The fraction of sp³-hybridized carbons (Fsp3) is 0.435. The van der Waals surface area contributed by atoms with E-state index in [1.807, 2.05) is 18.2 Å². The van der Waals surface area contributed by atoms with Gasteiger partial charge in [0.15, 0.2) is 11.5 Å². The molecule has 2 aromatic carbocycles. The molecule has 0 aromatic heterocycles. The Balaban J connectivity index is 1.60. The van der Waals surface area contributed by atoms with Gasteiger partial charge in [-0.3, -0.25) is 0 Å². The van der Waals surface area contributed by atoms with Crippen LogP contribution in [0.25, 0.3) is 0 Å². The van der Waals surface area contributed by atoms with E-state index in [1.54, 1.807) is 20.3 Å². The molecule has 2 saturated carbocycles. The number of aromatic carboxylic acids is 1. The number of carbonyl (C=O) groups is 1. The third-order valence-corrected chi connectivity index (χ3v) is 7.10. The van der Waals surface area contributed by atoms with Gasteiger partial charge >= 0.3 is 5.97 Å². The molecule has 5 heteroatoms. The molecule has 0 unspecified atom stereocenters. The second kappa shape index (κ2) is 6.43. The van der Waals surface area contributed by atoms with E-state index < -0.39 is 5.97 Å². The van der Waals surface area contributed by atoms with Crippen LogP contribution in [-0.2, 0) is 0 Å². The Bertz CT molecular complexity index is 940. The SMILES string of the molecule is COc1ccc([C@@H]2Nc3ccc(C(=O)O)cc3[C@H]3[C@H]4CC[C@@H](C4)[C@@H]32)cc1OC. The van der Waals surface area contributed by atoms with Crippen molar-refractivity contribution in [3.63, 3.8) is 0 Å². The summed E-state index contributed by atoms with van der Waals surface area (Å²) >= 11 is 0. The Labute approximate surface area is 164 Å². The molecule has 1 heterocycles. The van der Waals surface area contributed by atoms with Gasteiger partial charge in [-0.1, -0.05) is 6.07 Å². The maximum Gasteiger partial charge on any atom is 0.335 e. The highest BCUT2D eigenvalue weighted by atomic mass is 16.5. The van der Waals surface area contributed by atoms with Gasteiger partial charge in [-0.05, 0) is 84.4 Å². The topological polar surface area (TPSA) is 67.8 Å². The van der Waals surface area contributed by atoms with Crippen LogP contribution < -0.4 is 14.8 Å². The number of methoxy groups -OCH3 is 2. The molecule has 2 N–H and O–H groups in total. The normalized spacial score (nSPS) is 29.6. The summed E-state index contributed by atoms with van der Waals surface area (Å²) in [5.74, 6) is 2.86. The van der Waals surface area contributed by atoms with Crippen molar-refractivity contribution in [3.05, 3.63) is 53.1 Å². The summed E-state index contributed by atoms with van der Waals surface area (Å²) in [5, 5.41) is 13.2. The Morgan fingerprint density at radius 3 is 2.57 bits per heavy atom. The highest BCUT2D eigenvalue weighted by molar-refractivity contribution is 5.88. The fourth-order valence-electron chi connectivity index (χ4n) is 6.00. The number of fused-ring (bicyclic) bond motifs is 7. The molecule has 0 saturated heterocycles. The molecule has 2 fully saturated rings. The minimum Gasteiger partial charge on any atom is -0.493 e. The lowest BCUT2D eigenvalue weighted by molar-refractivity contribution is 0.0696. The molecular weight excluding hydrogens is 354 g/mol. The molecule has 2 aromatic rings. The summed E-state index contributed by atoms with van der Waals surface area (Å²) in [5.41, 5.74) is 3.84. The maximum absolute atomic E-state index is 11.5. The van der Waals surface area contributed by atoms with Crippen LogP contribution >= 0.6 is 0 Å². The van der Waals surface area contributed by atoms with Crippen LogP contribution in [0.3, 0.4) is 0 Å². The Morgan fingerprint density at radius 1 is 1.04 bits per heavy atom. The second-order valence-corrected chi connectivity index (χ2v) is 8.28. The second-order valence-electron chi connectivity index (χ2n) is 8.28. The maximum atomic E-state index is 11.5. The van der Waals surface area contributed by atoms with Crippen LogP contribution in [0, 0.1) is 17.8 Å². The highest BCUT2D eigenvalue weighted by Gasteiger charge is 2.53. The quantitative estimate of drug-likeness (QED) is 0.806. The lowest BCUT2D eigenvalue weighted by atomic mass is 9.68. The van der Waals surface area contributed by atoms with E-state index in [0.717, 1.165) is 17.2 Å². The van der Waals surface area contributed by atoms with Crippen LogP contribution in [0.5, 0.6) is 11.5 Å². The van der Waals surface area contributed by atoms with Crippen LogP contribution in [-0.4, -0.2) is 25.3 Å². The van der Waals surface area contributed by atoms with Crippen molar-refractivity contribution in [1.82, 2.24) is 0 Å². The number of anilines is 1. The molecule has 0 spiro atoms. The molecule has 3 aliphatic rings. The number of ether oxygens (including phenoxy) is 2. The van der Waals surface area contributed by atoms with Crippen molar-refractivity contribution >= 4 is 11.7 Å². The summed E-state index contributed by atoms with van der Waals surface area (Å²) < 4.78 is 10.9. The number of hydrogen-bond acceptors (Lipinski definition) is 4. The number of nitrogens with one attached hydrogen (secondary N) is 1. The zero-order valence-electron chi connectivity index (χ0n) is 16.1. The average molecular weight is 379 g/mol. The summed E-state index contributed by atoms with van der Waals surface area (Å²) in [6.45, 7) is 0. The number of rotatable bonds is 4. The van der Waals surface area contributed by atoms with E-state index in [0.29, 0.717) is 29.2 Å². The van der Waals surface area contributed by atoms with Crippen molar-refractivity contribution in [2.75, 3.05) is 19.5 Å². The van der Waals surface area contributed by atoms with Crippen molar-refractivity contribution in [2.24, 2.45) is 17.8 Å². The van der Waals surface area contributed by atoms with Crippen molar-refractivity contribution in [2.45, 2.75) is 31.2 Å². The fourth-order valence-corrected chi connectivity index (χ4v) is 6.00. The minimum atomic E-state index is -0.857. The molecule has 2 aliphatic carbocycles. The molecule has 5 nitrogen and oxygen atoms in total. The molecule has 5 rings (SSSR count). The monoisotopic (exact) mass is 379 g/mol. The van der Waals surface area contributed by atoms with E-state index in [4.69, 9.17) is 9.47 Å². The molecule has 2 bridgehead atoms. The predicted octanol–water partition coefficient (Wildman–Crippen LogP) is 4.70. The smallest absolute Gasteiger partial charge is 0.335 e. The molecule has 28 heavy (non-hydrogen) atoms. The molecule has 0 amide bonds. The van der Waals surface area contributed by atoms with Gasteiger partial charge in [0.05, 0.1) is 25.8 Å². The van der Waals surface area contributed by atoms with E-state index in [2.05, 4.69) is 17.4 Å². The number of carboxylic acid groups (broad SMARTS) is 1. The van der Waals surface area contributed by atoms with Crippen molar-refractivity contribution < 1.29 is 19.4 Å². The van der Waals surface area contributed by atoms with Gasteiger partial charge in [-0.25, -0.2) is 4.79 Å². The molecule has 1 aliphatic heterocycles. The van der Waals surface area contributed by atoms with Gasteiger partial charge in [0.2, 0.25) is 0 Å². The first-order valence-corrected chi connectivity index (χ1v) is 9.96. The standard InChI is InChI=1S/C23H25NO4/c1-27-18-8-6-14(11-19(18)28-2)22-21-13-4-3-12(9-13)20(21)16-10-15(23(25)26)5-7-17(16)24-22/h5-8,10-13,20-22,24H,3-4,9H2,1-2H3,(H,25,26)/t12-,13-,20+,21-,22-/m0/s1. The van der Waals surface area contributed by atoms with E-state index >= 15 is 0 Å². The zero-order valence-corrected chi connectivity index (χ0v) is 16.1. The van der Waals surface area contributed by atoms with Crippen LogP contribution in [0.2, 0.25) is 0 Å². The lowest BCUT2D eigenvalue weighted by Gasteiger charge is -2.43. The Kier molecular flexibility index (Phi) is 4.00. The lowest BCUT2D eigenvalue weighted by Crippen LogP contribution is -2.35. The van der Waals surface area contributed by atoms with Crippen LogP contribution in [0.4, 0.5) is 5.69 Å². The van der Waals surface area contributed by atoms with Crippen LogP contribution in [0.1, 0.15) is 52.7 Å². The van der Waals surface area contributed by atoms with Gasteiger partial charge < -0.3 is 19.9 Å². The number of benzene rings is 2. The van der Waals surface area contributed by atoms with E-state index in [1.165, 1.54) is 30.4 Å². The Hall–Kier alpha value is -2.69. The third-order valence-electron chi connectivity index (χ3n) is 7.10. The first-order valence-electron chi connectivity index (χ1n) is 9.96. The van der Waals surface area contributed by atoms with E-state index in [-0.39, 0.29) is 6.04 Å². The third kappa shape index (κ3) is 2.49. The molecule has 146 valence electrons. The highest BCUT2D eigenvalue weighted by Crippen LogP contribution is 2.63. The average Bonchev–Trinajstić information content (AvgIpc) is 3.34. The number of carboxylic acids is 1. The largest absolute Gasteiger partial charge is 0.493 e. The zero-order chi connectivity index (χ0) is 19.4. The predicted molar refractivity (Wildman–Crippen MR) is 106 cm³/mol.